The lowest BCUT2D eigenvalue weighted by atomic mass is 10.2. The maximum atomic E-state index is 5.13. The highest BCUT2D eigenvalue weighted by Gasteiger charge is 2.06. The molecule has 1 fully saturated rings. The number of thioether (sulfide) groups is 2. The van der Waals surface area contributed by atoms with Gasteiger partial charge in [0.2, 0.25) is 0 Å². The highest BCUT2D eigenvalue weighted by atomic mass is 32.2. The third-order valence-electron chi connectivity index (χ3n) is 2.18. The van der Waals surface area contributed by atoms with Gasteiger partial charge >= 0.3 is 0 Å². The Kier molecular flexibility index (Phi) is 4.03. The van der Waals surface area contributed by atoms with Crippen molar-refractivity contribution in [2.75, 3.05) is 18.6 Å². The highest BCUT2D eigenvalue weighted by Crippen LogP contribution is 2.36. The Morgan fingerprint density at radius 1 is 1.13 bits per heavy atom. The van der Waals surface area contributed by atoms with Crippen molar-refractivity contribution >= 4 is 29.6 Å². The van der Waals surface area contributed by atoms with Crippen LogP contribution in [0, 0.1) is 0 Å². The Morgan fingerprint density at radius 2 is 1.80 bits per heavy atom. The molecule has 1 nitrogen and oxygen atoms in total. The van der Waals surface area contributed by atoms with Crippen LogP contribution in [-0.2, 0) is 0 Å². The minimum atomic E-state index is 0.918. The summed E-state index contributed by atoms with van der Waals surface area (Å²) in [5.74, 6) is 3.44. The summed E-state index contributed by atoms with van der Waals surface area (Å²) >= 11 is 3.92. The van der Waals surface area contributed by atoms with Gasteiger partial charge in [-0.05, 0) is 41.7 Å². The van der Waals surface area contributed by atoms with Gasteiger partial charge in [-0.2, -0.15) is 0 Å². The number of rotatable bonds is 2. The van der Waals surface area contributed by atoms with Gasteiger partial charge in [-0.25, -0.2) is 0 Å². The summed E-state index contributed by atoms with van der Waals surface area (Å²) in [4.78, 5) is 0. The van der Waals surface area contributed by atoms with E-state index in [-0.39, 0.29) is 0 Å². The molecule has 0 saturated carbocycles. The summed E-state index contributed by atoms with van der Waals surface area (Å²) < 4.78 is 6.56. The van der Waals surface area contributed by atoms with Gasteiger partial charge in [-0.15, -0.1) is 23.5 Å². The molecule has 1 aliphatic rings. The number of hydrogen-bond acceptors (Lipinski definition) is 3. The Hall–Kier alpha value is -0.540. The first-order valence-corrected chi connectivity index (χ1v) is 6.97. The van der Waals surface area contributed by atoms with Crippen molar-refractivity contribution in [3.63, 3.8) is 0 Å². The number of methoxy groups -OCH3 is 1. The van der Waals surface area contributed by atoms with Gasteiger partial charge in [0.15, 0.2) is 0 Å². The molecular formula is C12H14OS2. The van der Waals surface area contributed by atoms with Gasteiger partial charge in [0.25, 0.3) is 0 Å². The summed E-state index contributed by atoms with van der Waals surface area (Å²) in [6.07, 6.45) is 3.59. The first-order valence-electron chi connectivity index (χ1n) is 5.00. The summed E-state index contributed by atoms with van der Waals surface area (Å²) in [5, 5.41) is 0. The van der Waals surface area contributed by atoms with E-state index in [9.17, 15) is 0 Å². The summed E-state index contributed by atoms with van der Waals surface area (Å²) in [6.45, 7) is 0. The van der Waals surface area contributed by atoms with Crippen molar-refractivity contribution in [2.24, 2.45) is 0 Å². The van der Waals surface area contributed by atoms with Crippen LogP contribution in [0.5, 0.6) is 5.75 Å². The predicted molar refractivity (Wildman–Crippen MR) is 70.5 cm³/mol. The molecule has 80 valence electrons. The molecule has 0 amide bonds. The van der Waals surface area contributed by atoms with Crippen molar-refractivity contribution in [2.45, 2.75) is 6.42 Å². The van der Waals surface area contributed by atoms with Crippen LogP contribution in [0.1, 0.15) is 12.0 Å². The molecule has 1 saturated heterocycles. The molecule has 0 N–H and O–H groups in total. The van der Waals surface area contributed by atoms with Crippen LogP contribution in [0.25, 0.3) is 6.08 Å². The van der Waals surface area contributed by atoms with Crippen LogP contribution in [0.4, 0.5) is 0 Å². The molecular weight excluding hydrogens is 224 g/mol. The third kappa shape index (κ3) is 3.21. The molecule has 15 heavy (non-hydrogen) atoms. The summed E-state index contributed by atoms with van der Waals surface area (Å²) in [5.41, 5.74) is 1.26. The Morgan fingerprint density at radius 3 is 2.40 bits per heavy atom. The van der Waals surface area contributed by atoms with E-state index in [1.165, 1.54) is 27.7 Å². The number of hydrogen-bond donors (Lipinski definition) is 0. The molecule has 1 aliphatic heterocycles. The van der Waals surface area contributed by atoms with Crippen LogP contribution in [0.15, 0.2) is 28.5 Å². The van der Waals surface area contributed by atoms with E-state index >= 15 is 0 Å². The van der Waals surface area contributed by atoms with Crippen molar-refractivity contribution in [1.29, 1.82) is 0 Å². The lowest BCUT2D eigenvalue weighted by molar-refractivity contribution is 0.415. The lowest BCUT2D eigenvalue weighted by Gasteiger charge is -2.12. The molecule has 1 aromatic rings. The van der Waals surface area contributed by atoms with Crippen LogP contribution in [0.2, 0.25) is 0 Å². The van der Waals surface area contributed by atoms with Gasteiger partial charge in [-0.1, -0.05) is 12.1 Å². The van der Waals surface area contributed by atoms with Crippen LogP contribution >= 0.6 is 23.5 Å². The lowest BCUT2D eigenvalue weighted by Crippen LogP contribution is -1.91. The van der Waals surface area contributed by atoms with E-state index in [4.69, 9.17) is 4.74 Å². The molecule has 0 aromatic heterocycles. The Labute approximate surface area is 99.3 Å². The van der Waals surface area contributed by atoms with Crippen molar-refractivity contribution < 1.29 is 4.74 Å². The van der Waals surface area contributed by atoms with Gasteiger partial charge < -0.3 is 4.74 Å². The SMILES string of the molecule is COc1ccc(C=C2SCCCS2)cc1. The summed E-state index contributed by atoms with van der Waals surface area (Å²) in [6, 6.07) is 8.21. The van der Waals surface area contributed by atoms with Gasteiger partial charge in [0.05, 0.1) is 7.11 Å². The van der Waals surface area contributed by atoms with E-state index in [2.05, 4.69) is 18.2 Å². The first kappa shape index (κ1) is 11.0. The second-order valence-corrected chi connectivity index (χ2v) is 5.82. The van der Waals surface area contributed by atoms with Gasteiger partial charge in [-0.3, -0.25) is 0 Å². The fraction of sp³-hybridized carbons (Fsp3) is 0.333. The average Bonchev–Trinajstić information content (AvgIpc) is 2.31. The quantitative estimate of drug-likeness (QED) is 0.774. The second-order valence-electron chi connectivity index (χ2n) is 3.29. The smallest absolute Gasteiger partial charge is 0.118 e. The third-order valence-corrected chi connectivity index (χ3v) is 4.68. The number of ether oxygens (including phenoxy) is 1. The van der Waals surface area contributed by atoms with Crippen molar-refractivity contribution in [3.8, 4) is 5.75 Å². The zero-order valence-electron chi connectivity index (χ0n) is 8.73. The molecule has 2 rings (SSSR count). The van der Waals surface area contributed by atoms with Crippen molar-refractivity contribution in [1.82, 2.24) is 0 Å². The second kappa shape index (κ2) is 5.52. The Balaban J connectivity index is 2.08. The van der Waals surface area contributed by atoms with Crippen LogP contribution in [-0.4, -0.2) is 18.6 Å². The van der Waals surface area contributed by atoms with E-state index in [1.54, 1.807) is 7.11 Å². The maximum Gasteiger partial charge on any atom is 0.118 e. The monoisotopic (exact) mass is 238 g/mol. The minimum Gasteiger partial charge on any atom is -0.497 e. The largest absolute Gasteiger partial charge is 0.497 e. The topological polar surface area (TPSA) is 9.23 Å². The maximum absolute atomic E-state index is 5.13. The molecule has 1 aromatic carbocycles. The van der Waals surface area contributed by atoms with Crippen molar-refractivity contribution in [3.05, 3.63) is 34.1 Å². The predicted octanol–water partition coefficient (Wildman–Crippen LogP) is 3.86. The normalized spacial score (nSPS) is 16.2. The Bertz CT molecular complexity index is 335. The zero-order chi connectivity index (χ0) is 10.5. The van der Waals surface area contributed by atoms with Crippen LogP contribution < -0.4 is 4.74 Å². The molecule has 0 aliphatic carbocycles. The molecule has 1 heterocycles. The van der Waals surface area contributed by atoms with Gasteiger partial charge in [0, 0.05) is 4.24 Å². The van der Waals surface area contributed by atoms with Crippen LogP contribution in [0.3, 0.4) is 0 Å². The fourth-order valence-corrected chi connectivity index (χ4v) is 3.80. The molecule has 0 bridgehead atoms. The van der Waals surface area contributed by atoms with E-state index < -0.39 is 0 Å². The van der Waals surface area contributed by atoms with E-state index in [1.807, 2.05) is 35.7 Å². The molecule has 0 unspecified atom stereocenters. The summed E-state index contributed by atoms with van der Waals surface area (Å²) in [7, 11) is 1.69. The van der Waals surface area contributed by atoms with E-state index in [0.717, 1.165) is 5.75 Å². The highest BCUT2D eigenvalue weighted by molar-refractivity contribution is 8.23. The molecule has 0 spiro atoms. The zero-order valence-corrected chi connectivity index (χ0v) is 10.4. The average molecular weight is 238 g/mol. The molecule has 3 heteroatoms. The fourth-order valence-electron chi connectivity index (χ4n) is 1.37. The molecule has 0 radical (unpaired) electrons. The van der Waals surface area contributed by atoms with Gasteiger partial charge in [0.1, 0.15) is 5.75 Å². The molecule has 0 atom stereocenters. The van der Waals surface area contributed by atoms with E-state index in [0.29, 0.717) is 0 Å². The standard InChI is InChI=1S/C12H14OS2/c1-13-11-5-3-10(4-6-11)9-12-14-7-2-8-15-12/h3-6,9H,2,7-8H2,1H3. The minimum absolute atomic E-state index is 0.918. The first-order chi connectivity index (χ1) is 7.38. The number of benzene rings is 1.